The monoisotopic (exact) mass is 399 g/mol. The van der Waals surface area contributed by atoms with Crippen LogP contribution in [0.5, 0.6) is 0 Å². The van der Waals surface area contributed by atoms with Gasteiger partial charge in [-0.1, -0.05) is 37.3 Å². The van der Waals surface area contributed by atoms with Gasteiger partial charge in [-0.2, -0.15) is 0 Å². The molecule has 5 atom stereocenters. The van der Waals surface area contributed by atoms with Crippen molar-refractivity contribution in [3.63, 3.8) is 0 Å². The SMILES string of the molecule is O=CC(CCCC(=O)N1CCCC2CCCCC21)C1=CC2CCCCC2CCC1. The Bertz CT molecular complexity index is 596. The summed E-state index contributed by atoms with van der Waals surface area (Å²) in [5.74, 6) is 2.73. The van der Waals surface area contributed by atoms with Crippen LogP contribution in [0.2, 0.25) is 0 Å². The standard InChI is InChI=1S/C26H41NO2/c28-19-24(23-12-5-11-20-8-1-2-10-22(20)18-23)13-6-16-26(29)27-17-7-14-21-9-3-4-15-25(21)27/h18-22,24-25H,1-17H2. The molecule has 3 fully saturated rings. The number of amides is 1. The minimum atomic E-state index is 0.0484. The Morgan fingerprint density at radius 1 is 0.966 bits per heavy atom. The molecule has 5 unspecified atom stereocenters. The number of aldehydes is 1. The van der Waals surface area contributed by atoms with Gasteiger partial charge in [0, 0.05) is 24.9 Å². The zero-order valence-electron chi connectivity index (χ0n) is 18.3. The van der Waals surface area contributed by atoms with Gasteiger partial charge in [0.05, 0.1) is 0 Å². The molecule has 0 radical (unpaired) electrons. The number of nitrogens with zero attached hydrogens (tertiary/aromatic N) is 1. The van der Waals surface area contributed by atoms with Crippen LogP contribution in [0.4, 0.5) is 0 Å². The Morgan fingerprint density at radius 2 is 1.69 bits per heavy atom. The molecule has 0 bridgehead atoms. The average Bonchev–Trinajstić information content (AvgIpc) is 2.98. The predicted octanol–water partition coefficient (Wildman–Crippen LogP) is 6.07. The molecule has 4 rings (SSSR count). The first kappa shape index (κ1) is 21.1. The van der Waals surface area contributed by atoms with Gasteiger partial charge in [0.1, 0.15) is 6.29 Å². The number of carbonyl (C=O) groups excluding carboxylic acids is 2. The molecular weight excluding hydrogens is 358 g/mol. The summed E-state index contributed by atoms with van der Waals surface area (Å²) in [6.45, 7) is 0.964. The van der Waals surface area contributed by atoms with Gasteiger partial charge in [-0.3, -0.25) is 4.79 Å². The highest BCUT2D eigenvalue weighted by atomic mass is 16.2. The van der Waals surface area contributed by atoms with Crippen molar-refractivity contribution in [1.29, 1.82) is 0 Å². The lowest BCUT2D eigenvalue weighted by Crippen LogP contribution is -2.49. The molecule has 2 saturated carbocycles. The minimum Gasteiger partial charge on any atom is -0.339 e. The van der Waals surface area contributed by atoms with E-state index < -0.39 is 0 Å². The summed E-state index contributed by atoms with van der Waals surface area (Å²) in [4.78, 5) is 27.1. The molecule has 4 aliphatic rings. The van der Waals surface area contributed by atoms with E-state index in [2.05, 4.69) is 11.0 Å². The Hall–Kier alpha value is -1.12. The lowest BCUT2D eigenvalue weighted by Gasteiger charge is -2.44. The van der Waals surface area contributed by atoms with Gasteiger partial charge < -0.3 is 9.69 Å². The lowest BCUT2D eigenvalue weighted by molar-refractivity contribution is -0.137. The van der Waals surface area contributed by atoms with Gasteiger partial charge in [-0.05, 0) is 88.4 Å². The van der Waals surface area contributed by atoms with Gasteiger partial charge in [-0.15, -0.1) is 0 Å². The Morgan fingerprint density at radius 3 is 2.55 bits per heavy atom. The Kier molecular flexibility index (Phi) is 7.48. The van der Waals surface area contributed by atoms with E-state index in [1.807, 2.05) is 0 Å². The molecule has 1 amide bonds. The first-order valence-corrected chi connectivity index (χ1v) is 12.7. The van der Waals surface area contributed by atoms with Gasteiger partial charge in [-0.25, -0.2) is 0 Å². The maximum Gasteiger partial charge on any atom is 0.222 e. The molecule has 1 saturated heterocycles. The van der Waals surface area contributed by atoms with Crippen LogP contribution in [-0.2, 0) is 9.59 Å². The van der Waals surface area contributed by atoms with Crippen LogP contribution >= 0.6 is 0 Å². The van der Waals surface area contributed by atoms with E-state index in [4.69, 9.17) is 0 Å². The number of hydrogen-bond acceptors (Lipinski definition) is 2. The van der Waals surface area contributed by atoms with E-state index in [1.54, 1.807) is 0 Å². The first-order chi connectivity index (χ1) is 14.3. The highest BCUT2D eigenvalue weighted by Crippen LogP contribution is 2.40. The van der Waals surface area contributed by atoms with Crippen molar-refractivity contribution in [2.45, 2.75) is 109 Å². The molecule has 3 aliphatic carbocycles. The average molecular weight is 400 g/mol. The molecule has 162 valence electrons. The van der Waals surface area contributed by atoms with Crippen molar-refractivity contribution in [1.82, 2.24) is 4.90 Å². The summed E-state index contributed by atoms with van der Waals surface area (Å²) < 4.78 is 0. The molecule has 3 heteroatoms. The van der Waals surface area contributed by atoms with Crippen LogP contribution < -0.4 is 0 Å². The molecule has 29 heavy (non-hydrogen) atoms. The normalized spacial score (nSPS) is 33.7. The number of likely N-dealkylation sites (tertiary alicyclic amines) is 1. The number of hydrogen-bond donors (Lipinski definition) is 0. The number of allylic oxidation sites excluding steroid dienone is 2. The number of rotatable bonds is 6. The van der Waals surface area contributed by atoms with E-state index in [9.17, 15) is 9.59 Å². The smallest absolute Gasteiger partial charge is 0.222 e. The molecule has 0 spiro atoms. The third kappa shape index (κ3) is 5.14. The van der Waals surface area contributed by atoms with E-state index in [1.165, 1.54) is 88.9 Å². The van der Waals surface area contributed by atoms with Gasteiger partial charge >= 0.3 is 0 Å². The number of carbonyl (C=O) groups is 2. The van der Waals surface area contributed by atoms with Crippen LogP contribution in [-0.4, -0.2) is 29.7 Å². The molecule has 0 aromatic heterocycles. The van der Waals surface area contributed by atoms with Gasteiger partial charge in [0.2, 0.25) is 5.91 Å². The molecule has 1 aliphatic heterocycles. The number of fused-ring (bicyclic) bond motifs is 2. The Balaban J connectivity index is 1.30. The third-order valence-electron chi connectivity index (χ3n) is 8.55. The molecule has 0 N–H and O–H groups in total. The summed E-state index contributed by atoms with van der Waals surface area (Å²) in [6.07, 6.45) is 22.8. The van der Waals surface area contributed by atoms with Crippen molar-refractivity contribution < 1.29 is 9.59 Å². The van der Waals surface area contributed by atoms with Crippen LogP contribution in [0.3, 0.4) is 0 Å². The fraction of sp³-hybridized carbons (Fsp3) is 0.846. The maximum absolute atomic E-state index is 13.0. The van der Waals surface area contributed by atoms with E-state index in [-0.39, 0.29) is 5.92 Å². The van der Waals surface area contributed by atoms with Crippen molar-refractivity contribution in [3.8, 4) is 0 Å². The largest absolute Gasteiger partial charge is 0.339 e. The van der Waals surface area contributed by atoms with E-state index in [0.717, 1.165) is 37.6 Å². The van der Waals surface area contributed by atoms with Crippen LogP contribution in [0.1, 0.15) is 103 Å². The fourth-order valence-corrected chi connectivity index (χ4v) is 6.94. The minimum absolute atomic E-state index is 0.0484. The summed E-state index contributed by atoms with van der Waals surface area (Å²) in [5.41, 5.74) is 1.40. The summed E-state index contributed by atoms with van der Waals surface area (Å²) in [7, 11) is 0. The molecule has 0 aromatic carbocycles. The van der Waals surface area contributed by atoms with Crippen molar-refractivity contribution >= 4 is 12.2 Å². The van der Waals surface area contributed by atoms with Crippen molar-refractivity contribution in [3.05, 3.63) is 11.6 Å². The lowest BCUT2D eigenvalue weighted by atomic mass is 9.77. The van der Waals surface area contributed by atoms with E-state index >= 15 is 0 Å². The second-order valence-corrected chi connectivity index (χ2v) is 10.3. The molecule has 3 nitrogen and oxygen atoms in total. The summed E-state index contributed by atoms with van der Waals surface area (Å²) >= 11 is 0. The zero-order chi connectivity index (χ0) is 20.1. The van der Waals surface area contributed by atoms with Crippen molar-refractivity contribution in [2.24, 2.45) is 23.7 Å². The third-order valence-corrected chi connectivity index (χ3v) is 8.55. The maximum atomic E-state index is 13.0. The summed E-state index contributed by atoms with van der Waals surface area (Å²) in [6, 6.07) is 0.514. The quantitative estimate of drug-likeness (QED) is 0.401. The highest BCUT2D eigenvalue weighted by molar-refractivity contribution is 5.76. The first-order valence-electron chi connectivity index (χ1n) is 12.7. The van der Waals surface area contributed by atoms with Gasteiger partial charge in [0.25, 0.3) is 0 Å². The van der Waals surface area contributed by atoms with Gasteiger partial charge in [0.15, 0.2) is 0 Å². The number of piperidine rings is 1. The molecule has 1 heterocycles. The molecular formula is C26H41NO2. The second-order valence-electron chi connectivity index (χ2n) is 10.3. The fourth-order valence-electron chi connectivity index (χ4n) is 6.94. The van der Waals surface area contributed by atoms with Crippen LogP contribution in [0.15, 0.2) is 11.6 Å². The highest BCUT2D eigenvalue weighted by Gasteiger charge is 2.35. The zero-order valence-corrected chi connectivity index (χ0v) is 18.3. The van der Waals surface area contributed by atoms with Crippen LogP contribution in [0.25, 0.3) is 0 Å². The Labute approximate surface area is 177 Å². The van der Waals surface area contributed by atoms with Crippen molar-refractivity contribution in [2.75, 3.05) is 6.54 Å². The second kappa shape index (κ2) is 10.3. The van der Waals surface area contributed by atoms with E-state index in [0.29, 0.717) is 24.3 Å². The van der Waals surface area contributed by atoms with Crippen LogP contribution in [0, 0.1) is 23.7 Å². The summed E-state index contributed by atoms with van der Waals surface area (Å²) in [5, 5.41) is 0. The predicted molar refractivity (Wildman–Crippen MR) is 117 cm³/mol. The topological polar surface area (TPSA) is 37.4 Å². The molecule has 0 aromatic rings.